The van der Waals surface area contributed by atoms with E-state index >= 15 is 0 Å². The second-order valence-corrected chi connectivity index (χ2v) is 5.79. The maximum absolute atomic E-state index is 11.7. The predicted octanol–water partition coefficient (Wildman–Crippen LogP) is 1.03. The first-order valence-corrected chi connectivity index (χ1v) is 6.60. The minimum Gasteiger partial charge on any atom is -0.388 e. The van der Waals surface area contributed by atoms with Crippen molar-refractivity contribution in [1.82, 2.24) is 5.32 Å². The average Bonchev–Trinajstić information content (AvgIpc) is 2.24. The first-order chi connectivity index (χ1) is 7.84. The van der Waals surface area contributed by atoms with Crippen LogP contribution >= 0.6 is 0 Å². The van der Waals surface area contributed by atoms with E-state index in [9.17, 15) is 9.90 Å². The zero-order chi connectivity index (χ0) is 13.1. The molecule has 4 N–H and O–H groups in total. The Morgan fingerprint density at radius 1 is 1.59 bits per heavy atom. The summed E-state index contributed by atoms with van der Waals surface area (Å²) in [5.41, 5.74) is 4.96. The minimum atomic E-state index is -0.717. The molecule has 0 radical (unpaired) electrons. The van der Waals surface area contributed by atoms with Crippen molar-refractivity contribution in [2.45, 2.75) is 58.1 Å². The van der Waals surface area contributed by atoms with Gasteiger partial charge >= 0.3 is 0 Å². The summed E-state index contributed by atoms with van der Waals surface area (Å²) in [6, 6.07) is -0.157. The summed E-state index contributed by atoms with van der Waals surface area (Å²) in [7, 11) is 0. The lowest BCUT2D eigenvalue weighted by atomic mass is 9.79. The van der Waals surface area contributed by atoms with Gasteiger partial charge in [0.2, 0.25) is 5.91 Å². The van der Waals surface area contributed by atoms with E-state index in [1.54, 1.807) is 0 Å². The molecule has 17 heavy (non-hydrogen) atoms. The van der Waals surface area contributed by atoms with Crippen molar-refractivity contribution in [3.05, 3.63) is 0 Å². The number of hydrogen-bond donors (Lipinski definition) is 3. The molecule has 0 aliphatic heterocycles. The van der Waals surface area contributed by atoms with Gasteiger partial charge in [-0.15, -0.1) is 0 Å². The van der Waals surface area contributed by atoms with Gasteiger partial charge in [0.1, 0.15) is 0 Å². The van der Waals surface area contributed by atoms with Gasteiger partial charge in [-0.1, -0.05) is 26.7 Å². The van der Waals surface area contributed by atoms with Gasteiger partial charge in [0.05, 0.1) is 5.60 Å². The molecule has 1 rings (SSSR count). The Bertz CT molecular complexity index is 268. The van der Waals surface area contributed by atoms with Crippen molar-refractivity contribution in [2.24, 2.45) is 17.6 Å². The maximum atomic E-state index is 11.7. The number of hydrogen-bond acceptors (Lipinski definition) is 3. The van der Waals surface area contributed by atoms with Crippen LogP contribution in [0.25, 0.3) is 0 Å². The fraction of sp³-hybridized carbons (Fsp3) is 0.923. The third-order valence-electron chi connectivity index (χ3n) is 3.86. The molecule has 0 aromatic rings. The Labute approximate surface area is 104 Å². The molecular formula is C13H26N2O2. The van der Waals surface area contributed by atoms with Crippen molar-refractivity contribution < 1.29 is 9.90 Å². The highest BCUT2D eigenvalue weighted by Gasteiger charge is 2.33. The molecule has 1 saturated carbocycles. The van der Waals surface area contributed by atoms with Gasteiger partial charge in [-0.3, -0.25) is 4.79 Å². The Balaban J connectivity index is 2.41. The smallest absolute Gasteiger partial charge is 0.224 e. The molecule has 4 heteroatoms. The van der Waals surface area contributed by atoms with Crippen LogP contribution in [0.3, 0.4) is 0 Å². The summed E-state index contributed by atoms with van der Waals surface area (Å²) < 4.78 is 0. The molecule has 1 fully saturated rings. The summed E-state index contributed by atoms with van der Waals surface area (Å²) in [6.07, 6.45) is 3.77. The van der Waals surface area contributed by atoms with Crippen molar-refractivity contribution in [3.8, 4) is 0 Å². The number of rotatable bonds is 4. The van der Waals surface area contributed by atoms with Crippen molar-refractivity contribution in [2.75, 3.05) is 6.54 Å². The lowest BCUT2D eigenvalue weighted by molar-refractivity contribution is -0.126. The van der Waals surface area contributed by atoms with Crippen molar-refractivity contribution >= 4 is 5.91 Å². The van der Waals surface area contributed by atoms with E-state index < -0.39 is 5.60 Å². The summed E-state index contributed by atoms with van der Waals surface area (Å²) in [4.78, 5) is 11.7. The summed E-state index contributed by atoms with van der Waals surface area (Å²) in [5, 5.41) is 13.2. The van der Waals surface area contributed by atoms with Gasteiger partial charge in [-0.25, -0.2) is 0 Å². The summed E-state index contributed by atoms with van der Waals surface area (Å²) >= 11 is 0. The predicted molar refractivity (Wildman–Crippen MR) is 68.4 cm³/mol. The van der Waals surface area contributed by atoms with E-state index in [2.05, 4.69) is 12.2 Å². The molecule has 4 unspecified atom stereocenters. The van der Waals surface area contributed by atoms with Crippen molar-refractivity contribution in [3.63, 3.8) is 0 Å². The monoisotopic (exact) mass is 242 g/mol. The minimum absolute atomic E-state index is 0.0633. The highest BCUT2D eigenvalue weighted by Crippen LogP contribution is 2.31. The molecule has 4 nitrogen and oxygen atoms in total. The maximum Gasteiger partial charge on any atom is 0.224 e. The molecule has 4 atom stereocenters. The molecule has 0 heterocycles. The number of nitrogens with two attached hydrogens (primary N) is 1. The zero-order valence-electron chi connectivity index (χ0n) is 11.2. The van der Waals surface area contributed by atoms with Gasteiger partial charge in [0.15, 0.2) is 0 Å². The average molecular weight is 242 g/mol. The van der Waals surface area contributed by atoms with E-state index in [4.69, 9.17) is 5.73 Å². The molecule has 1 aliphatic carbocycles. The van der Waals surface area contributed by atoms with Gasteiger partial charge in [-0.05, 0) is 25.7 Å². The first-order valence-electron chi connectivity index (χ1n) is 6.60. The molecule has 1 aliphatic rings. The molecular weight excluding hydrogens is 216 g/mol. The van der Waals surface area contributed by atoms with Crippen LogP contribution in [0.4, 0.5) is 0 Å². The van der Waals surface area contributed by atoms with Crippen LogP contribution < -0.4 is 11.1 Å². The van der Waals surface area contributed by atoms with Gasteiger partial charge in [-0.2, -0.15) is 0 Å². The van der Waals surface area contributed by atoms with E-state index in [1.165, 1.54) is 6.42 Å². The van der Waals surface area contributed by atoms with Crippen molar-refractivity contribution in [1.29, 1.82) is 0 Å². The van der Waals surface area contributed by atoms with E-state index in [-0.39, 0.29) is 17.9 Å². The summed E-state index contributed by atoms with van der Waals surface area (Å²) in [6.45, 7) is 6.14. The van der Waals surface area contributed by atoms with Crippen LogP contribution in [0.2, 0.25) is 0 Å². The highest BCUT2D eigenvalue weighted by atomic mass is 16.3. The molecule has 100 valence electrons. The lowest BCUT2D eigenvalue weighted by Gasteiger charge is -2.36. The van der Waals surface area contributed by atoms with Gasteiger partial charge in [0, 0.05) is 18.5 Å². The molecule has 0 saturated heterocycles. The molecule has 0 spiro atoms. The number of nitrogens with one attached hydrogen (secondary N) is 1. The second-order valence-electron chi connectivity index (χ2n) is 5.79. The standard InChI is InChI=1S/C13H26N2O2/c1-9-5-4-6-13(17,7-9)8-15-12(16)10(2)11(3)14/h9-11,17H,4-8,14H2,1-3H3,(H,15,16). The normalized spacial score (nSPS) is 32.9. The van der Waals surface area contributed by atoms with Crippen LogP contribution in [0.5, 0.6) is 0 Å². The number of amides is 1. The summed E-state index contributed by atoms with van der Waals surface area (Å²) in [5.74, 6) is 0.266. The number of carbonyl (C=O) groups is 1. The van der Waals surface area contributed by atoms with E-state index in [1.807, 2.05) is 13.8 Å². The number of aliphatic hydroxyl groups is 1. The third-order valence-corrected chi connectivity index (χ3v) is 3.86. The molecule has 1 amide bonds. The SMILES string of the molecule is CC1CCCC(O)(CNC(=O)C(C)C(C)N)C1. The van der Waals surface area contributed by atoms with Gasteiger partial charge in [0.25, 0.3) is 0 Å². The topological polar surface area (TPSA) is 75.3 Å². The number of carbonyl (C=O) groups excluding carboxylic acids is 1. The van der Waals surface area contributed by atoms with Crippen LogP contribution in [0, 0.1) is 11.8 Å². The van der Waals surface area contributed by atoms with Gasteiger partial charge < -0.3 is 16.2 Å². The first kappa shape index (κ1) is 14.5. The Kier molecular flexibility index (Phi) is 4.95. The van der Waals surface area contributed by atoms with Crippen LogP contribution in [-0.4, -0.2) is 29.2 Å². The zero-order valence-corrected chi connectivity index (χ0v) is 11.2. The quantitative estimate of drug-likeness (QED) is 0.689. The molecule has 0 bridgehead atoms. The van der Waals surface area contributed by atoms with Crippen LogP contribution in [0.15, 0.2) is 0 Å². The lowest BCUT2D eigenvalue weighted by Crippen LogP contribution is -2.48. The Hall–Kier alpha value is -0.610. The largest absolute Gasteiger partial charge is 0.388 e. The Morgan fingerprint density at radius 3 is 2.76 bits per heavy atom. The Morgan fingerprint density at radius 2 is 2.24 bits per heavy atom. The van der Waals surface area contributed by atoms with Crippen LogP contribution in [0.1, 0.15) is 46.5 Å². The fourth-order valence-corrected chi connectivity index (χ4v) is 2.44. The van der Waals surface area contributed by atoms with Crippen LogP contribution in [-0.2, 0) is 4.79 Å². The van der Waals surface area contributed by atoms with E-state index in [0.29, 0.717) is 12.5 Å². The third kappa shape index (κ3) is 4.28. The highest BCUT2D eigenvalue weighted by molar-refractivity contribution is 5.78. The second kappa shape index (κ2) is 5.83. The molecule has 0 aromatic carbocycles. The fourth-order valence-electron chi connectivity index (χ4n) is 2.44. The molecule has 0 aromatic heterocycles. The van der Waals surface area contributed by atoms with E-state index in [0.717, 1.165) is 19.3 Å².